The van der Waals surface area contributed by atoms with Crippen LogP contribution in [0.1, 0.15) is 16.7 Å². The molecule has 0 aliphatic rings. The van der Waals surface area contributed by atoms with Crippen LogP contribution in [0.2, 0.25) is 0 Å². The van der Waals surface area contributed by atoms with Crippen molar-refractivity contribution in [2.75, 3.05) is 11.9 Å². The molecule has 0 unspecified atom stereocenters. The third-order valence-electron chi connectivity index (χ3n) is 3.18. The van der Waals surface area contributed by atoms with Gasteiger partial charge in [-0.25, -0.2) is 4.39 Å². The van der Waals surface area contributed by atoms with E-state index in [-0.39, 0.29) is 5.56 Å². The van der Waals surface area contributed by atoms with Crippen molar-refractivity contribution in [1.29, 1.82) is 5.26 Å². The largest absolute Gasteiger partial charge is 0.369 e. The average Bonchev–Trinajstić information content (AvgIpc) is 2.41. The molecule has 0 aliphatic carbocycles. The first-order valence-corrected chi connectivity index (χ1v) is 6.07. The molecule has 96 valence electrons. The van der Waals surface area contributed by atoms with Crippen molar-refractivity contribution in [3.63, 3.8) is 0 Å². The molecule has 0 amide bonds. The molecule has 0 heterocycles. The maximum absolute atomic E-state index is 13.6. The third-order valence-corrected chi connectivity index (χ3v) is 3.18. The van der Waals surface area contributed by atoms with E-state index in [1.54, 1.807) is 12.1 Å². The lowest BCUT2D eigenvalue weighted by Gasteiger charge is -2.21. The van der Waals surface area contributed by atoms with Gasteiger partial charge in [0.25, 0.3) is 0 Å². The highest BCUT2D eigenvalue weighted by molar-refractivity contribution is 5.59. The number of halogens is 1. The number of aryl methyl sites for hydroxylation is 1. The standard InChI is InChI=1S/C16H15FN2/c1-12-6-3-4-7-13(12)11-19(2)16-9-5-8-15(17)14(16)10-18/h3-9H,11H2,1-2H3. The van der Waals surface area contributed by atoms with Gasteiger partial charge in [-0.1, -0.05) is 30.3 Å². The van der Waals surface area contributed by atoms with E-state index in [9.17, 15) is 4.39 Å². The summed E-state index contributed by atoms with van der Waals surface area (Å²) < 4.78 is 13.6. The molecule has 2 rings (SSSR count). The minimum atomic E-state index is -0.475. The summed E-state index contributed by atoms with van der Waals surface area (Å²) in [4.78, 5) is 1.89. The number of nitrogens with zero attached hydrogens (tertiary/aromatic N) is 2. The van der Waals surface area contributed by atoms with Crippen molar-refractivity contribution >= 4 is 5.69 Å². The van der Waals surface area contributed by atoms with Crippen LogP contribution >= 0.6 is 0 Å². The summed E-state index contributed by atoms with van der Waals surface area (Å²) in [5, 5.41) is 9.05. The Labute approximate surface area is 112 Å². The maximum atomic E-state index is 13.6. The number of anilines is 1. The van der Waals surface area contributed by atoms with Gasteiger partial charge in [-0.2, -0.15) is 5.26 Å². The Bertz CT molecular complexity index is 629. The van der Waals surface area contributed by atoms with E-state index in [0.29, 0.717) is 12.2 Å². The zero-order valence-electron chi connectivity index (χ0n) is 11.0. The minimum Gasteiger partial charge on any atom is -0.369 e. The number of hydrogen-bond acceptors (Lipinski definition) is 2. The topological polar surface area (TPSA) is 27.0 Å². The number of nitriles is 1. The lowest BCUT2D eigenvalue weighted by molar-refractivity contribution is 0.623. The lowest BCUT2D eigenvalue weighted by atomic mass is 10.1. The molecule has 0 saturated carbocycles. The van der Waals surface area contributed by atoms with Crippen LogP contribution in [-0.2, 0) is 6.54 Å². The molecular formula is C16H15FN2. The zero-order valence-corrected chi connectivity index (χ0v) is 11.0. The van der Waals surface area contributed by atoms with Crippen molar-refractivity contribution < 1.29 is 4.39 Å². The summed E-state index contributed by atoms with van der Waals surface area (Å²) in [7, 11) is 1.86. The molecule has 2 nitrogen and oxygen atoms in total. The summed E-state index contributed by atoms with van der Waals surface area (Å²) in [6, 6.07) is 14.7. The quantitative estimate of drug-likeness (QED) is 0.836. The van der Waals surface area contributed by atoms with Gasteiger partial charge in [0.05, 0.1) is 5.69 Å². The second-order valence-corrected chi connectivity index (χ2v) is 4.53. The van der Waals surface area contributed by atoms with E-state index in [2.05, 4.69) is 0 Å². The molecule has 0 aromatic heterocycles. The fraction of sp³-hybridized carbons (Fsp3) is 0.188. The van der Waals surface area contributed by atoms with E-state index in [1.807, 2.05) is 49.2 Å². The molecule has 0 aliphatic heterocycles. The van der Waals surface area contributed by atoms with Crippen molar-refractivity contribution in [2.45, 2.75) is 13.5 Å². The van der Waals surface area contributed by atoms with Gasteiger partial charge in [-0.15, -0.1) is 0 Å². The van der Waals surface area contributed by atoms with Gasteiger partial charge in [0.2, 0.25) is 0 Å². The monoisotopic (exact) mass is 254 g/mol. The summed E-state index contributed by atoms with van der Waals surface area (Å²) in [5.41, 5.74) is 3.06. The lowest BCUT2D eigenvalue weighted by Crippen LogP contribution is -2.18. The number of hydrogen-bond donors (Lipinski definition) is 0. The fourth-order valence-corrected chi connectivity index (χ4v) is 2.07. The van der Waals surface area contributed by atoms with Crippen molar-refractivity contribution in [3.8, 4) is 6.07 Å². The Hall–Kier alpha value is -2.34. The Morgan fingerprint density at radius 1 is 1.16 bits per heavy atom. The van der Waals surface area contributed by atoms with Crippen LogP contribution < -0.4 is 4.90 Å². The molecule has 0 atom stereocenters. The Kier molecular flexibility index (Phi) is 3.82. The predicted molar refractivity (Wildman–Crippen MR) is 74.4 cm³/mol. The van der Waals surface area contributed by atoms with Crippen LogP contribution in [0.15, 0.2) is 42.5 Å². The van der Waals surface area contributed by atoms with Gasteiger partial charge in [0.15, 0.2) is 0 Å². The van der Waals surface area contributed by atoms with Crippen molar-refractivity contribution in [3.05, 3.63) is 65.0 Å². The molecule has 0 bridgehead atoms. The van der Waals surface area contributed by atoms with Crippen LogP contribution in [0.4, 0.5) is 10.1 Å². The van der Waals surface area contributed by atoms with Gasteiger partial charge in [0, 0.05) is 13.6 Å². The smallest absolute Gasteiger partial charge is 0.143 e. The molecule has 3 heteroatoms. The van der Waals surface area contributed by atoms with Crippen LogP contribution in [0.25, 0.3) is 0 Å². The first kappa shape index (κ1) is 13.1. The normalized spacial score (nSPS) is 10.0. The maximum Gasteiger partial charge on any atom is 0.143 e. The Morgan fingerprint density at radius 2 is 1.89 bits per heavy atom. The molecule has 2 aromatic rings. The molecule has 2 aromatic carbocycles. The first-order chi connectivity index (χ1) is 9.13. The highest BCUT2D eigenvalue weighted by Gasteiger charge is 2.12. The SMILES string of the molecule is Cc1ccccc1CN(C)c1cccc(F)c1C#N. The van der Waals surface area contributed by atoms with E-state index < -0.39 is 5.82 Å². The van der Waals surface area contributed by atoms with Crippen LogP contribution in [0, 0.1) is 24.1 Å². The zero-order chi connectivity index (χ0) is 13.8. The third kappa shape index (κ3) is 2.74. The second kappa shape index (κ2) is 5.53. The second-order valence-electron chi connectivity index (χ2n) is 4.53. The highest BCUT2D eigenvalue weighted by Crippen LogP contribution is 2.23. The van der Waals surface area contributed by atoms with Crippen molar-refractivity contribution in [2.24, 2.45) is 0 Å². The highest BCUT2D eigenvalue weighted by atomic mass is 19.1. The summed E-state index contributed by atoms with van der Waals surface area (Å²) in [6.45, 7) is 2.69. The van der Waals surface area contributed by atoms with Crippen LogP contribution in [-0.4, -0.2) is 7.05 Å². The molecule has 19 heavy (non-hydrogen) atoms. The number of rotatable bonds is 3. The Morgan fingerprint density at radius 3 is 2.58 bits per heavy atom. The van der Waals surface area contributed by atoms with Gasteiger partial charge in [-0.3, -0.25) is 0 Å². The fourth-order valence-electron chi connectivity index (χ4n) is 2.07. The number of benzene rings is 2. The van der Waals surface area contributed by atoms with Gasteiger partial charge >= 0.3 is 0 Å². The molecule has 0 radical (unpaired) electrons. The summed E-state index contributed by atoms with van der Waals surface area (Å²) in [6.07, 6.45) is 0. The van der Waals surface area contributed by atoms with E-state index >= 15 is 0 Å². The van der Waals surface area contributed by atoms with E-state index in [0.717, 1.165) is 5.56 Å². The minimum absolute atomic E-state index is 0.0959. The molecule has 0 spiro atoms. The molecular weight excluding hydrogens is 239 g/mol. The first-order valence-electron chi connectivity index (χ1n) is 6.07. The Balaban J connectivity index is 2.31. The van der Waals surface area contributed by atoms with Gasteiger partial charge in [-0.05, 0) is 30.2 Å². The van der Waals surface area contributed by atoms with Crippen molar-refractivity contribution in [1.82, 2.24) is 0 Å². The predicted octanol–water partition coefficient (Wildman–Crippen LogP) is 3.64. The van der Waals surface area contributed by atoms with Gasteiger partial charge in [0.1, 0.15) is 17.4 Å². The van der Waals surface area contributed by atoms with Crippen LogP contribution in [0.5, 0.6) is 0 Å². The average molecular weight is 254 g/mol. The van der Waals surface area contributed by atoms with Crippen LogP contribution in [0.3, 0.4) is 0 Å². The summed E-state index contributed by atoms with van der Waals surface area (Å²) in [5.74, 6) is -0.475. The molecule has 0 N–H and O–H groups in total. The van der Waals surface area contributed by atoms with E-state index in [1.165, 1.54) is 11.6 Å². The molecule has 0 saturated heterocycles. The van der Waals surface area contributed by atoms with Gasteiger partial charge < -0.3 is 4.90 Å². The molecule has 0 fully saturated rings. The summed E-state index contributed by atoms with van der Waals surface area (Å²) >= 11 is 0. The van der Waals surface area contributed by atoms with E-state index in [4.69, 9.17) is 5.26 Å².